The highest BCUT2D eigenvalue weighted by molar-refractivity contribution is 7.99. The van der Waals surface area contributed by atoms with E-state index in [2.05, 4.69) is 49.1 Å². The zero-order valence-corrected chi connectivity index (χ0v) is 18.8. The van der Waals surface area contributed by atoms with Gasteiger partial charge in [-0.25, -0.2) is 4.98 Å². The van der Waals surface area contributed by atoms with Crippen LogP contribution in [0.5, 0.6) is 0 Å². The summed E-state index contributed by atoms with van der Waals surface area (Å²) in [7, 11) is 0. The lowest BCUT2D eigenvalue weighted by molar-refractivity contribution is -0.118. The zero-order chi connectivity index (χ0) is 20.5. The number of carbonyl (C=O) groups excluding carboxylic acids is 1. The van der Waals surface area contributed by atoms with Crippen LogP contribution in [0.25, 0.3) is 10.2 Å². The Morgan fingerprint density at radius 1 is 1.00 bits per heavy atom. The van der Waals surface area contributed by atoms with Crippen LogP contribution in [0.2, 0.25) is 0 Å². The normalized spacial score (nSPS) is 11.3. The molecule has 0 unspecified atom stereocenters. The van der Waals surface area contributed by atoms with Crippen molar-refractivity contribution in [2.45, 2.75) is 31.6 Å². The van der Waals surface area contributed by atoms with E-state index in [4.69, 9.17) is 4.98 Å². The molecule has 0 fully saturated rings. The van der Waals surface area contributed by atoms with E-state index in [9.17, 15) is 4.79 Å². The fourth-order valence-electron chi connectivity index (χ4n) is 3.15. The van der Waals surface area contributed by atoms with Crippen LogP contribution in [0.1, 0.15) is 26.7 Å². The molecule has 0 saturated carbocycles. The molecule has 3 rings (SSSR count). The summed E-state index contributed by atoms with van der Waals surface area (Å²) in [5.74, 6) is 1.12. The van der Waals surface area contributed by atoms with Crippen molar-refractivity contribution in [1.29, 1.82) is 0 Å². The number of fused-ring (bicyclic) bond motifs is 1. The van der Waals surface area contributed by atoms with Crippen LogP contribution in [0.3, 0.4) is 0 Å². The first-order valence-electron chi connectivity index (χ1n) is 10.3. The number of carbonyl (C=O) groups is 1. The van der Waals surface area contributed by atoms with Gasteiger partial charge in [-0.15, -0.1) is 11.8 Å². The molecule has 0 radical (unpaired) electrons. The molecule has 0 bridgehead atoms. The van der Waals surface area contributed by atoms with Crippen LogP contribution >= 0.6 is 23.1 Å². The Hall–Kier alpha value is -1.89. The van der Waals surface area contributed by atoms with Crippen molar-refractivity contribution >= 4 is 44.4 Å². The summed E-state index contributed by atoms with van der Waals surface area (Å²) < 4.78 is 1.13. The van der Waals surface area contributed by atoms with Gasteiger partial charge in [-0.1, -0.05) is 55.5 Å². The molecule has 0 aliphatic rings. The van der Waals surface area contributed by atoms with Crippen LogP contribution in [-0.2, 0) is 4.79 Å². The minimum Gasteiger partial charge on any atom is -0.302 e. The average molecular weight is 428 g/mol. The van der Waals surface area contributed by atoms with Gasteiger partial charge in [0.25, 0.3) is 0 Å². The number of nitrogens with zero attached hydrogens (tertiary/aromatic N) is 3. The minimum absolute atomic E-state index is 0.171. The number of anilines is 1. The van der Waals surface area contributed by atoms with Crippen LogP contribution in [0.4, 0.5) is 5.13 Å². The van der Waals surface area contributed by atoms with E-state index in [0.717, 1.165) is 47.2 Å². The minimum atomic E-state index is 0.171. The Bertz CT molecular complexity index is 860. The lowest BCUT2D eigenvalue weighted by atomic mass is 10.3. The molecule has 154 valence electrons. The predicted molar refractivity (Wildman–Crippen MR) is 126 cm³/mol. The van der Waals surface area contributed by atoms with Crippen molar-refractivity contribution in [3.63, 3.8) is 0 Å². The fourth-order valence-corrected chi connectivity index (χ4v) is 5.03. The van der Waals surface area contributed by atoms with Gasteiger partial charge in [-0.2, -0.15) is 0 Å². The van der Waals surface area contributed by atoms with Gasteiger partial charge in [0.05, 0.1) is 10.2 Å². The average Bonchev–Trinajstić information content (AvgIpc) is 3.19. The Kier molecular flexibility index (Phi) is 8.52. The smallest absolute Gasteiger partial charge is 0.228 e. The third-order valence-electron chi connectivity index (χ3n) is 4.90. The maximum Gasteiger partial charge on any atom is 0.228 e. The maximum atomic E-state index is 13.1. The second-order valence-electron chi connectivity index (χ2n) is 6.80. The molecule has 2 aromatic carbocycles. The molecule has 0 aliphatic carbocycles. The number of likely N-dealkylation sites (N-methyl/N-ethyl adjacent to an activating group) is 1. The largest absolute Gasteiger partial charge is 0.302 e. The number of thiazole rings is 1. The van der Waals surface area contributed by atoms with Crippen molar-refractivity contribution in [3.8, 4) is 0 Å². The third kappa shape index (κ3) is 6.29. The Morgan fingerprint density at radius 3 is 2.45 bits per heavy atom. The molecule has 3 aromatic rings. The Labute approximate surface area is 181 Å². The first-order chi connectivity index (χ1) is 14.2. The summed E-state index contributed by atoms with van der Waals surface area (Å²) in [6.07, 6.45) is 1.42. The van der Waals surface area contributed by atoms with E-state index in [1.807, 2.05) is 40.9 Å². The van der Waals surface area contributed by atoms with Crippen molar-refractivity contribution < 1.29 is 4.79 Å². The van der Waals surface area contributed by atoms with E-state index in [-0.39, 0.29) is 5.91 Å². The van der Waals surface area contributed by atoms with Crippen LogP contribution in [0, 0.1) is 0 Å². The molecule has 29 heavy (non-hydrogen) atoms. The number of rotatable bonds is 11. The standard InChI is InChI=1S/C23H29N3OS2/c1-3-25(4-2)16-17-26(23-24-20-13-8-9-14-21(20)29-23)22(27)15-10-18-28-19-11-6-5-7-12-19/h5-9,11-14H,3-4,10,15-18H2,1-2H3. The SMILES string of the molecule is CCN(CC)CCN(C(=O)CCCSc1ccccc1)c1nc2ccccc2s1. The highest BCUT2D eigenvalue weighted by Gasteiger charge is 2.20. The van der Waals surface area contributed by atoms with Gasteiger partial charge in [-0.05, 0) is 49.5 Å². The van der Waals surface area contributed by atoms with Gasteiger partial charge in [0.15, 0.2) is 5.13 Å². The second-order valence-corrected chi connectivity index (χ2v) is 8.98. The van der Waals surface area contributed by atoms with Crippen molar-refractivity contribution in [3.05, 3.63) is 54.6 Å². The molecular weight excluding hydrogens is 398 g/mol. The molecule has 6 heteroatoms. The molecule has 0 aliphatic heterocycles. The number of para-hydroxylation sites is 1. The number of amides is 1. The summed E-state index contributed by atoms with van der Waals surface area (Å²) in [5.41, 5.74) is 0.966. The van der Waals surface area contributed by atoms with E-state index in [1.165, 1.54) is 4.90 Å². The van der Waals surface area contributed by atoms with Gasteiger partial charge < -0.3 is 4.90 Å². The summed E-state index contributed by atoms with van der Waals surface area (Å²) in [5, 5.41) is 0.819. The van der Waals surface area contributed by atoms with Gasteiger partial charge in [0.2, 0.25) is 5.91 Å². The summed E-state index contributed by atoms with van der Waals surface area (Å²) in [4.78, 5) is 23.3. The monoisotopic (exact) mass is 427 g/mol. The van der Waals surface area contributed by atoms with Crippen LogP contribution < -0.4 is 4.90 Å². The number of benzene rings is 2. The van der Waals surface area contributed by atoms with Crippen LogP contribution in [-0.4, -0.2) is 47.7 Å². The van der Waals surface area contributed by atoms with Crippen molar-refractivity contribution in [2.75, 3.05) is 36.8 Å². The zero-order valence-electron chi connectivity index (χ0n) is 17.2. The predicted octanol–water partition coefficient (Wildman–Crippen LogP) is 5.54. The first kappa shape index (κ1) is 21.8. The van der Waals surface area contributed by atoms with Gasteiger partial charge >= 0.3 is 0 Å². The number of aromatic nitrogens is 1. The molecule has 1 amide bonds. The topological polar surface area (TPSA) is 36.4 Å². The van der Waals surface area contributed by atoms with E-state index < -0.39 is 0 Å². The van der Waals surface area contributed by atoms with Crippen molar-refractivity contribution in [2.24, 2.45) is 0 Å². The highest BCUT2D eigenvalue weighted by Crippen LogP contribution is 2.29. The third-order valence-corrected chi connectivity index (χ3v) is 7.05. The molecule has 0 spiro atoms. The number of thioether (sulfide) groups is 1. The molecule has 1 aromatic heterocycles. The summed E-state index contributed by atoms with van der Waals surface area (Å²) in [6, 6.07) is 18.5. The summed E-state index contributed by atoms with van der Waals surface area (Å²) in [6.45, 7) is 7.86. The Morgan fingerprint density at radius 2 is 1.72 bits per heavy atom. The number of hydrogen-bond donors (Lipinski definition) is 0. The van der Waals surface area contributed by atoms with Crippen molar-refractivity contribution in [1.82, 2.24) is 9.88 Å². The van der Waals surface area contributed by atoms with Crippen LogP contribution in [0.15, 0.2) is 59.5 Å². The second kappa shape index (κ2) is 11.3. The highest BCUT2D eigenvalue weighted by atomic mass is 32.2. The van der Waals surface area contributed by atoms with Gasteiger partial charge in [-0.3, -0.25) is 9.69 Å². The fraction of sp³-hybridized carbons (Fsp3) is 0.391. The lowest BCUT2D eigenvalue weighted by Gasteiger charge is -2.24. The first-order valence-corrected chi connectivity index (χ1v) is 12.1. The maximum absolute atomic E-state index is 13.1. The Balaban J connectivity index is 1.63. The quantitative estimate of drug-likeness (QED) is 0.297. The van der Waals surface area contributed by atoms with E-state index in [0.29, 0.717) is 13.0 Å². The molecule has 1 heterocycles. The molecular formula is C23H29N3OS2. The molecule has 0 atom stereocenters. The molecule has 0 saturated heterocycles. The van der Waals surface area contributed by atoms with E-state index in [1.54, 1.807) is 11.3 Å². The van der Waals surface area contributed by atoms with Gasteiger partial charge in [0, 0.05) is 24.4 Å². The van der Waals surface area contributed by atoms with Gasteiger partial charge in [0.1, 0.15) is 0 Å². The summed E-state index contributed by atoms with van der Waals surface area (Å²) >= 11 is 3.41. The number of hydrogen-bond acceptors (Lipinski definition) is 5. The lowest BCUT2D eigenvalue weighted by Crippen LogP contribution is -2.38. The molecule has 0 N–H and O–H groups in total. The van der Waals surface area contributed by atoms with E-state index >= 15 is 0 Å². The molecule has 4 nitrogen and oxygen atoms in total.